The third-order valence-corrected chi connectivity index (χ3v) is 3.09. The molecule has 0 spiro atoms. The molecule has 1 aliphatic heterocycles. The quantitative estimate of drug-likeness (QED) is 0.525. The third-order valence-electron chi connectivity index (χ3n) is 3.09. The van der Waals surface area contributed by atoms with Gasteiger partial charge in [-0.1, -0.05) is 20.3 Å². The molecule has 0 aromatic carbocycles. The van der Waals surface area contributed by atoms with Crippen LogP contribution in [0.3, 0.4) is 0 Å². The van der Waals surface area contributed by atoms with Crippen molar-refractivity contribution in [2.75, 3.05) is 26.2 Å². The number of amides is 1. The fourth-order valence-electron chi connectivity index (χ4n) is 1.96. The molecule has 92 valence electrons. The molecule has 2 aliphatic rings. The Balaban J connectivity index is 0.000000509. The number of carbonyl (C=O) groups excluding carboxylic acids is 1. The molecule has 16 heavy (non-hydrogen) atoms. The molecule has 1 saturated heterocycles. The van der Waals surface area contributed by atoms with Gasteiger partial charge < -0.3 is 4.90 Å². The maximum absolute atomic E-state index is 10.4. The zero-order chi connectivity index (χ0) is 12.4. The van der Waals surface area contributed by atoms with Crippen LogP contribution in [0.4, 0.5) is 0 Å². The van der Waals surface area contributed by atoms with E-state index in [1.807, 2.05) is 18.7 Å². The molecule has 0 aromatic rings. The predicted octanol–water partition coefficient (Wildman–Crippen LogP) is 1.59. The van der Waals surface area contributed by atoms with Crippen molar-refractivity contribution >= 4 is 6.41 Å². The van der Waals surface area contributed by atoms with E-state index in [0.29, 0.717) is 0 Å². The summed E-state index contributed by atoms with van der Waals surface area (Å²) in [5, 5.41) is 0. The van der Waals surface area contributed by atoms with Crippen molar-refractivity contribution in [3.8, 4) is 12.8 Å². The molecule has 1 heterocycles. The van der Waals surface area contributed by atoms with Gasteiger partial charge in [-0.05, 0) is 12.8 Å². The van der Waals surface area contributed by atoms with Crippen molar-refractivity contribution in [3.63, 3.8) is 0 Å². The predicted molar refractivity (Wildman–Crippen MR) is 68.1 cm³/mol. The summed E-state index contributed by atoms with van der Waals surface area (Å²) in [5.41, 5.74) is 0. The molecule has 1 saturated carbocycles. The minimum absolute atomic E-state index is 0.846. The Hall–Kier alpha value is -1.01. The molecule has 0 atom stereocenters. The topological polar surface area (TPSA) is 23.6 Å². The maximum Gasteiger partial charge on any atom is 0.209 e. The van der Waals surface area contributed by atoms with E-state index < -0.39 is 0 Å². The van der Waals surface area contributed by atoms with Gasteiger partial charge in [-0.2, -0.15) is 0 Å². The van der Waals surface area contributed by atoms with Gasteiger partial charge >= 0.3 is 0 Å². The van der Waals surface area contributed by atoms with Gasteiger partial charge in [0.05, 0.1) is 0 Å². The van der Waals surface area contributed by atoms with Gasteiger partial charge in [0.15, 0.2) is 0 Å². The monoisotopic (exact) mass is 224 g/mol. The number of nitrogens with zero attached hydrogens (tertiary/aromatic N) is 2. The van der Waals surface area contributed by atoms with Crippen molar-refractivity contribution < 1.29 is 4.79 Å². The lowest BCUT2D eigenvalue weighted by atomic mass is 9.91. The number of carbonyl (C=O) groups is 1. The highest BCUT2D eigenvalue weighted by Crippen LogP contribution is 2.25. The van der Waals surface area contributed by atoms with Crippen molar-refractivity contribution in [2.45, 2.75) is 39.2 Å². The molecule has 0 N–H and O–H groups in total. The van der Waals surface area contributed by atoms with Crippen molar-refractivity contribution in [1.82, 2.24) is 9.80 Å². The van der Waals surface area contributed by atoms with Crippen LogP contribution in [0.5, 0.6) is 0 Å². The first-order valence-electron chi connectivity index (χ1n) is 6.17. The fraction of sp³-hybridized carbons (Fsp3) is 0.769. The first-order valence-corrected chi connectivity index (χ1v) is 6.17. The van der Waals surface area contributed by atoms with Gasteiger partial charge in [-0.15, -0.1) is 12.8 Å². The molecule has 0 unspecified atom stereocenters. The van der Waals surface area contributed by atoms with Gasteiger partial charge in [-0.3, -0.25) is 9.69 Å². The first kappa shape index (κ1) is 15.0. The first-order chi connectivity index (χ1) is 7.90. The van der Waals surface area contributed by atoms with E-state index in [4.69, 9.17) is 0 Å². The third kappa shape index (κ3) is 4.24. The highest BCUT2D eigenvalue weighted by Gasteiger charge is 2.27. The van der Waals surface area contributed by atoms with E-state index in [2.05, 4.69) is 17.7 Å². The van der Waals surface area contributed by atoms with Crippen LogP contribution in [-0.2, 0) is 4.79 Å². The molecular weight excluding hydrogens is 200 g/mol. The van der Waals surface area contributed by atoms with Gasteiger partial charge in [0.2, 0.25) is 6.41 Å². The number of terminal acetylenes is 1. The Morgan fingerprint density at radius 2 is 1.56 bits per heavy atom. The Labute approximate surface area is 99.8 Å². The van der Waals surface area contributed by atoms with E-state index in [9.17, 15) is 4.79 Å². The molecule has 3 heteroatoms. The minimum atomic E-state index is 0.846. The number of hydrogen-bond acceptors (Lipinski definition) is 2. The summed E-state index contributed by atoms with van der Waals surface area (Å²) in [4.78, 5) is 14.8. The van der Waals surface area contributed by atoms with Crippen LogP contribution in [0, 0.1) is 12.8 Å². The normalized spacial score (nSPS) is 20.6. The number of piperazine rings is 1. The van der Waals surface area contributed by atoms with Crippen LogP contribution in [-0.4, -0.2) is 48.4 Å². The highest BCUT2D eigenvalue weighted by atomic mass is 16.1. The second-order valence-electron chi connectivity index (χ2n) is 3.76. The largest absolute Gasteiger partial charge is 0.343 e. The Morgan fingerprint density at radius 1 is 1.06 bits per heavy atom. The smallest absolute Gasteiger partial charge is 0.209 e. The summed E-state index contributed by atoms with van der Waals surface area (Å²) in [6.07, 6.45) is 13.1. The molecule has 1 amide bonds. The Bertz CT molecular complexity index is 191. The van der Waals surface area contributed by atoms with E-state index >= 15 is 0 Å². The zero-order valence-electron chi connectivity index (χ0n) is 10.6. The summed E-state index contributed by atoms with van der Waals surface area (Å²) in [6, 6.07) is 0.846. The molecule has 0 radical (unpaired) electrons. The van der Waals surface area contributed by atoms with Crippen LogP contribution in [0.25, 0.3) is 0 Å². The number of rotatable bonds is 2. The Morgan fingerprint density at radius 3 is 1.88 bits per heavy atom. The lowest BCUT2D eigenvalue weighted by Gasteiger charge is -2.42. The summed E-state index contributed by atoms with van der Waals surface area (Å²) in [6.45, 7) is 8.03. The lowest BCUT2D eigenvalue weighted by Crippen LogP contribution is -2.51. The van der Waals surface area contributed by atoms with Crippen LogP contribution >= 0.6 is 0 Å². The Kier molecular flexibility index (Phi) is 8.65. The fourth-order valence-corrected chi connectivity index (χ4v) is 1.96. The van der Waals surface area contributed by atoms with E-state index in [1.165, 1.54) is 19.3 Å². The molecule has 0 bridgehead atoms. The maximum atomic E-state index is 10.4. The standard InChI is InChI=1S/C9H16N2O.C2H6.C2H2/c12-8-10-4-6-11(7-5-10)9-2-1-3-9;2*1-2/h8-9H,1-7H2;1-2H3;1-2H. The van der Waals surface area contributed by atoms with E-state index in [0.717, 1.165) is 38.6 Å². The second kappa shape index (κ2) is 9.23. The van der Waals surface area contributed by atoms with E-state index in [-0.39, 0.29) is 0 Å². The second-order valence-corrected chi connectivity index (χ2v) is 3.76. The van der Waals surface area contributed by atoms with Gasteiger partial charge in [0, 0.05) is 32.2 Å². The molecule has 3 nitrogen and oxygen atoms in total. The minimum Gasteiger partial charge on any atom is -0.343 e. The lowest BCUT2D eigenvalue weighted by molar-refractivity contribution is -0.120. The number of hydrogen-bond donors (Lipinski definition) is 0. The molecule has 2 fully saturated rings. The van der Waals surface area contributed by atoms with Gasteiger partial charge in [-0.25, -0.2) is 0 Å². The van der Waals surface area contributed by atoms with Crippen LogP contribution < -0.4 is 0 Å². The summed E-state index contributed by atoms with van der Waals surface area (Å²) < 4.78 is 0. The summed E-state index contributed by atoms with van der Waals surface area (Å²) in [7, 11) is 0. The SMILES string of the molecule is C#C.CC.O=CN1CCN(C2CCC2)CC1. The molecule has 0 aromatic heterocycles. The van der Waals surface area contributed by atoms with Gasteiger partial charge in [0.25, 0.3) is 0 Å². The summed E-state index contributed by atoms with van der Waals surface area (Å²) >= 11 is 0. The zero-order valence-corrected chi connectivity index (χ0v) is 10.6. The highest BCUT2D eigenvalue weighted by molar-refractivity contribution is 5.47. The average molecular weight is 224 g/mol. The van der Waals surface area contributed by atoms with Crippen molar-refractivity contribution in [1.29, 1.82) is 0 Å². The van der Waals surface area contributed by atoms with Crippen molar-refractivity contribution in [2.24, 2.45) is 0 Å². The summed E-state index contributed by atoms with van der Waals surface area (Å²) in [5.74, 6) is 0. The van der Waals surface area contributed by atoms with Crippen LogP contribution in [0.15, 0.2) is 0 Å². The van der Waals surface area contributed by atoms with Crippen LogP contribution in [0.2, 0.25) is 0 Å². The van der Waals surface area contributed by atoms with Crippen LogP contribution in [0.1, 0.15) is 33.1 Å². The average Bonchev–Trinajstić information content (AvgIpc) is 2.33. The molecule has 1 aliphatic carbocycles. The van der Waals surface area contributed by atoms with Crippen molar-refractivity contribution in [3.05, 3.63) is 0 Å². The van der Waals surface area contributed by atoms with Gasteiger partial charge in [0.1, 0.15) is 0 Å². The molecule has 2 rings (SSSR count). The van der Waals surface area contributed by atoms with E-state index in [1.54, 1.807) is 0 Å². The molecular formula is C13H24N2O.